The zero-order valence-electron chi connectivity index (χ0n) is 12.6. The maximum absolute atomic E-state index is 11.2. The summed E-state index contributed by atoms with van der Waals surface area (Å²) < 4.78 is 0. The Balaban J connectivity index is 3.09. The van der Waals surface area contributed by atoms with Gasteiger partial charge in [-0.3, -0.25) is 4.79 Å². The second kappa shape index (κ2) is 7.46. The van der Waals surface area contributed by atoms with Gasteiger partial charge in [-0.1, -0.05) is 13.3 Å². The van der Waals surface area contributed by atoms with Crippen LogP contribution in [0.3, 0.4) is 0 Å². The zero-order valence-corrected chi connectivity index (χ0v) is 12.6. The molecule has 20 heavy (non-hydrogen) atoms. The summed E-state index contributed by atoms with van der Waals surface area (Å²) in [6.07, 6.45) is 1.95. The molecule has 0 saturated carbocycles. The van der Waals surface area contributed by atoms with Gasteiger partial charge in [-0.2, -0.15) is 15.0 Å². The van der Waals surface area contributed by atoms with Gasteiger partial charge >= 0.3 is 0 Å². The zero-order chi connectivity index (χ0) is 15.1. The van der Waals surface area contributed by atoms with Crippen LogP contribution in [0.5, 0.6) is 0 Å². The number of nitrogens with zero attached hydrogens (tertiary/aromatic N) is 5. The summed E-state index contributed by atoms with van der Waals surface area (Å²) in [5.41, 5.74) is 5.29. The summed E-state index contributed by atoms with van der Waals surface area (Å²) in [7, 11) is 5.44. The van der Waals surface area contributed by atoms with E-state index in [9.17, 15) is 4.79 Å². The van der Waals surface area contributed by atoms with E-state index < -0.39 is 5.91 Å². The molecule has 0 aliphatic carbocycles. The largest absolute Gasteiger partial charge is 0.368 e. The van der Waals surface area contributed by atoms with Crippen molar-refractivity contribution in [1.82, 2.24) is 15.0 Å². The molecule has 0 aliphatic heterocycles. The topological polar surface area (TPSA) is 100 Å². The minimum Gasteiger partial charge on any atom is -0.368 e. The number of carbonyl (C=O) groups is 1. The highest BCUT2D eigenvalue weighted by atomic mass is 16.1. The van der Waals surface area contributed by atoms with E-state index in [0.29, 0.717) is 24.4 Å². The average Bonchev–Trinajstić information content (AvgIpc) is 2.42. The van der Waals surface area contributed by atoms with Crippen LogP contribution in [0.1, 0.15) is 19.8 Å². The summed E-state index contributed by atoms with van der Waals surface area (Å²) in [4.78, 5) is 27.7. The molecular formula is C12H23N7O. The SMILES string of the molecule is CCCCN(CC(N)=O)c1nc(NC)nc(N(C)C)n1. The third-order valence-electron chi connectivity index (χ3n) is 2.65. The third-order valence-corrected chi connectivity index (χ3v) is 2.65. The number of nitrogens with two attached hydrogens (primary N) is 1. The van der Waals surface area contributed by atoms with E-state index >= 15 is 0 Å². The van der Waals surface area contributed by atoms with Crippen LogP contribution in [-0.2, 0) is 4.79 Å². The molecule has 8 nitrogen and oxygen atoms in total. The number of primary amides is 1. The Bertz CT molecular complexity index is 449. The summed E-state index contributed by atoms with van der Waals surface area (Å²) in [6, 6.07) is 0. The van der Waals surface area contributed by atoms with Gasteiger partial charge in [-0.05, 0) is 6.42 Å². The molecule has 1 heterocycles. The van der Waals surface area contributed by atoms with Crippen LogP contribution in [0.2, 0.25) is 0 Å². The number of rotatable bonds is 8. The van der Waals surface area contributed by atoms with Crippen molar-refractivity contribution in [3.8, 4) is 0 Å². The molecule has 0 atom stereocenters. The van der Waals surface area contributed by atoms with Crippen molar-refractivity contribution in [2.45, 2.75) is 19.8 Å². The highest BCUT2D eigenvalue weighted by molar-refractivity contribution is 5.78. The Kier molecular flexibility index (Phi) is 5.95. The van der Waals surface area contributed by atoms with Crippen molar-refractivity contribution < 1.29 is 4.79 Å². The van der Waals surface area contributed by atoms with Gasteiger partial charge in [-0.15, -0.1) is 0 Å². The monoisotopic (exact) mass is 281 g/mol. The van der Waals surface area contributed by atoms with Gasteiger partial charge in [-0.25, -0.2) is 0 Å². The lowest BCUT2D eigenvalue weighted by Gasteiger charge is -2.22. The first-order valence-electron chi connectivity index (χ1n) is 6.62. The second-order valence-electron chi connectivity index (χ2n) is 4.64. The number of hydrogen-bond acceptors (Lipinski definition) is 7. The van der Waals surface area contributed by atoms with Crippen LogP contribution < -0.4 is 20.9 Å². The van der Waals surface area contributed by atoms with E-state index in [1.807, 2.05) is 14.1 Å². The van der Waals surface area contributed by atoms with Crippen LogP contribution in [0.25, 0.3) is 0 Å². The number of anilines is 3. The van der Waals surface area contributed by atoms with Gasteiger partial charge in [0.2, 0.25) is 23.8 Å². The minimum absolute atomic E-state index is 0.0973. The van der Waals surface area contributed by atoms with Crippen molar-refractivity contribution in [2.24, 2.45) is 5.73 Å². The van der Waals surface area contributed by atoms with Crippen molar-refractivity contribution in [3.63, 3.8) is 0 Å². The molecule has 0 fully saturated rings. The normalized spacial score (nSPS) is 10.2. The van der Waals surface area contributed by atoms with Crippen LogP contribution in [0.4, 0.5) is 17.8 Å². The van der Waals surface area contributed by atoms with Gasteiger partial charge in [0, 0.05) is 27.7 Å². The summed E-state index contributed by atoms with van der Waals surface area (Å²) in [5.74, 6) is 1.05. The molecule has 0 saturated heterocycles. The summed E-state index contributed by atoms with van der Waals surface area (Å²) >= 11 is 0. The van der Waals surface area contributed by atoms with E-state index in [4.69, 9.17) is 5.73 Å². The number of hydrogen-bond donors (Lipinski definition) is 2. The smallest absolute Gasteiger partial charge is 0.237 e. The molecule has 0 unspecified atom stereocenters. The first-order chi connectivity index (χ1) is 9.47. The maximum atomic E-state index is 11.2. The summed E-state index contributed by atoms with van der Waals surface area (Å²) in [5, 5.41) is 2.90. The fourth-order valence-electron chi connectivity index (χ4n) is 1.59. The lowest BCUT2D eigenvalue weighted by atomic mass is 10.3. The fraction of sp³-hybridized carbons (Fsp3) is 0.667. The van der Waals surface area contributed by atoms with Gasteiger partial charge < -0.3 is 20.9 Å². The second-order valence-corrected chi connectivity index (χ2v) is 4.64. The molecule has 1 aromatic rings. The van der Waals surface area contributed by atoms with Gasteiger partial charge in [0.1, 0.15) is 0 Å². The van der Waals surface area contributed by atoms with Crippen LogP contribution in [0, 0.1) is 0 Å². The molecule has 112 valence electrons. The van der Waals surface area contributed by atoms with E-state index in [0.717, 1.165) is 12.8 Å². The molecule has 0 radical (unpaired) electrons. The highest BCUT2D eigenvalue weighted by Gasteiger charge is 2.15. The number of aromatic nitrogens is 3. The molecule has 8 heteroatoms. The number of carbonyl (C=O) groups excluding carboxylic acids is 1. The average molecular weight is 281 g/mol. The number of amides is 1. The lowest BCUT2D eigenvalue weighted by Crippen LogP contribution is -2.36. The quantitative estimate of drug-likeness (QED) is 0.695. The Morgan fingerprint density at radius 1 is 1.25 bits per heavy atom. The Morgan fingerprint density at radius 3 is 2.40 bits per heavy atom. The predicted octanol–water partition coefficient (Wildman–Crippen LogP) is 0.0711. The van der Waals surface area contributed by atoms with Gasteiger partial charge in [0.05, 0.1) is 6.54 Å². The van der Waals surface area contributed by atoms with E-state index in [1.54, 1.807) is 16.8 Å². The molecule has 1 aromatic heterocycles. The van der Waals surface area contributed by atoms with E-state index in [2.05, 4.69) is 27.2 Å². The molecular weight excluding hydrogens is 258 g/mol. The Morgan fingerprint density at radius 2 is 1.90 bits per heavy atom. The molecule has 3 N–H and O–H groups in total. The van der Waals surface area contributed by atoms with Crippen LogP contribution in [-0.4, -0.2) is 55.1 Å². The van der Waals surface area contributed by atoms with E-state index in [1.165, 1.54) is 0 Å². The number of nitrogens with one attached hydrogen (secondary N) is 1. The molecule has 0 spiro atoms. The molecule has 1 amide bonds. The van der Waals surface area contributed by atoms with Gasteiger partial charge in [0.15, 0.2) is 0 Å². The highest BCUT2D eigenvalue weighted by Crippen LogP contribution is 2.15. The van der Waals surface area contributed by atoms with Crippen molar-refractivity contribution in [2.75, 3.05) is 49.3 Å². The standard InChI is InChI=1S/C12H23N7O/c1-5-6-7-19(8-9(13)20)12-16-10(14-2)15-11(17-12)18(3)4/h5-8H2,1-4H3,(H2,13,20)(H,14,15,16,17). The van der Waals surface area contributed by atoms with Crippen molar-refractivity contribution in [3.05, 3.63) is 0 Å². The lowest BCUT2D eigenvalue weighted by molar-refractivity contribution is -0.116. The molecule has 1 rings (SSSR count). The summed E-state index contributed by atoms with van der Waals surface area (Å²) in [6.45, 7) is 2.86. The Hall–Kier alpha value is -2.12. The fourth-order valence-corrected chi connectivity index (χ4v) is 1.59. The predicted molar refractivity (Wildman–Crippen MR) is 80.0 cm³/mol. The van der Waals surface area contributed by atoms with Gasteiger partial charge in [0.25, 0.3) is 0 Å². The van der Waals surface area contributed by atoms with Crippen LogP contribution >= 0.6 is 0 Å². The Labute approximate surface area is 119 Å². The van der Waals surface area contributed by atoms with E-state index in [-0.39, 0.29) is 6.54 Å². The molecule has 0 aromatic carbocycles. The maximum Gasteiger partial charge on any atom is 0.237 e. The first kappa shape index (κ1) is 15.9. The number of unbranched alkanes of at least 4 members (excludes halogenated alkanes) is 1. The van der Waals surface area contributed by atoms with Crippen molar-refractivity contribution >= 4 is 23.8 Å². The van der Waals surface area contributed by atoms with Crippen LogP contribution in [0.15, 0.2) is 0 Å². The molecule has 0 bridgehead atoms. The third kappa shape index (κ3) is 4.52. The van der Waals surface area contributed by atoms with Crippen molar-refractivity contribution in [1.29, 1.82) is 0 Å². The molecule has 0 aliphatic rings. The minimum atomic E-state index is -0.404. The first-order valence-corrected chi connectivity index (χ1v) is 6.62.